The normalized spacial score (nSPS) is 17.7. The van der Waals surface area contributed by atoms with Crippen LogP contribution in [-0.4, -0.2) is 41.5 Å². The summed E-state index contributed by atoms with van der Waals surface area (Å²) in [5, 5.41) is 6.09. The third-order valence-electron chi connectivity index (χ3n) is 2.91. The number of hydrogen-bond acceptors (Lipinski definition) is 7. The van der Waals surface area contributed by atoms with Gasteiger partial charge in [-0.25, -0.2) is 10.0 Å². The van der Waals surface area contributed by atoms with E-state index in [1.165, 1.54) is 12.1 Å². The number of amidine groups is 1. The molecule has 11 heteroatoms. The molecule has 0 amide bonds. The number of ether oxygens (including phenoxy) is 1. The van der Waals surface area contributed by atoms with Gasteiger partial charge in [-0.05, 0) is 43.4 Å². The molecule has 0 fully saturated rings. The van der Waals surface area contributed by atoms with Crippen LogP contribution in [0.2, 0.25) is 0 Å². The molecular formula is C11H15N5O4S2. The molecule has 120 valence electrons. The van der Waals surface area contributed by atoms with Gasteiger partial charge < -0.3 is 10.5 Å². The number of nitrogens with one attached hydrogen (secondary N) is 1. The number of nitrogens with zero attached hydrogens (tertiary/aromatic N) is 3. The summed E-state index contributed by atoms with van der Waals surface area (Å²) < 4.78 is 37.4. The van der Waals surface area contributed by atoms with Crippen LogP contribution in [0, 0.1) is 0 Å². The molecule has 1 heterocycles. The lowest BCUT2D eigenvalue weighted by Crippen LogP contribution is -2.58. The van der Waals surface area contributed by atoms with Gasteiger partial charge >= 0.3 is 10.1 Å². The second kappa shape index (κ2) is 5.94. The average molecular weight is 345 g/mol. The lowest BCUT2D eigenvalue weighted by molar-refractivity contribution is 0.350. The Morgan fingerprint density at radius 1 is 1.50 bits per heavy atom. The van der Waals surface area contributed by atoms with E-state index < -0.39 is 15.6 Å². The van der Waals surface area contributed by atoms with Gasteiger partial charge in [0.1, 0.15) is 11.6 Å². The lowest BCUT2D eigenvalue weighted by atomic mass is 10.3. The van der Waals surface area contributed by atoms with Gasteiger partial charge in [-0.3, -0.25) is 9.98 Å². The maximum Gasteiger partial charge on any atom is 0.309 e. The van der Waals surface area contributed by atoms with Crippen molar-refractivity contribution >= 4 is 39.0 Å². The quantitative estimate of drug-likeness (QED) is 0.514. The van der Waals surface area contributed by atoms with Gasteiger partial charge in [0.15, 0.2) is 5.11 Å². The number of anilines is 1. The Morgan fingerprint density at radius 3 is 2.55 bits per heavy atom. The van der Waals surface area contributed by atoms with Crippen molar-refractivity contribution in [2.75, 3.05) is 12.1 Å². The van der Waals surface area contributed by atoms with Crippen LogP contribution < -0.4 is 20.9 Å². The maximum absolute atomic E-state index is 11.5. The molecule has 1 unspecified atom stereocenters. The predicted octanol–water partition coefficient (Wildman–Crippen LogP) is 0.0702. The molecule has 0 aliphatic carbocycles. The number of methoxy groups -OCH3 is 1. The third-order valence-corrected chi connectivity index (χ3v) is 3.96. The molecule has 1 aromatic rings. The highest BCUT2D eigenvalue weighted by Gasteiger charge is 2.40. The molecule has 0 saturated heterocycles. The third kappa shape index (κ3) is 3.05. The smallest absolute Gasteiger partial charge is 0.309 e. The van der Waals surface area contributed by atoms with Crippen molar-refractivity contribution in [3.63, 3.8) is 0 Å². The van der Waals surface area contributed by atoms with Crippen molar-refractivity contribution in [1.82, 2.24) is 10.4 Å². The molecule has 9 nitrogen and oxygen atoms in total. The number of thiocarbonyl (C=S) groups is 1. The Bertz CT molecular complexity index is 704. The molecule has 1 aromatic carbocycles. The molecule has 0 spiro atoms. The van der Waals surface area contributed by atoms with Crippen molar-refractivity contribution in [2.45, 2.75) is 12.4 Å². The van der Waals surface area contributed by atoms with E-state index in [0.717, 1.165) is 5.01 Å². The van der Waals surface area contributed by atoms with E-state index in [9.17, 15) is 13.0 Å². The molecule has 22 heavy (non-hydrogen) atoms. The largest absolute Gasteiger partial charge is 0.497 e. The summed E-state index contributed by atoms with van der Waals surface area (Å²) in [4.78, 5) is 0. The molecule has 2 rings (SSSR count). The highest BCUT2D eigenvalue weighted by molar-refractivity contribution is 7.86. The van der Waals surface area contributed by atoms with E-state index in [-0.39, 0.29) is 10.9 Å². The highest BCUT2D eigenvalue weighted by atomic mass is 32.2. The number of hydrogen-bond donors (Lipinski definition) is 3. The first-order valence-electron chi connectivity index (χ1n) is 6.04. The first-order chi connectivity index (χ1) is 10.3. The first-order valence-corrected chi connectivity index (χ1v) is 7.95. The van der Waals surface area contributed by atoms with Crippen LogP contribution in [0.15, 0.2) is 29.4 Å². The van der Waals surface area contributed by atoms with E-state index in [1.54, 1.807) is 31.2 Å². The SMILES string of the molecule is COc1ccc(N(C(N)=S)N2C(C)=NNC2S(=O)(=O)O)cc1. The van der Waals surface area contributed by atoms with Crippen molar-refractivity contribution < 1.29 is 17.7 Å². The van der Waals surface area contributed by atoms with Crippen LogP contribution >= 0.6 is 12.2 Å². The fourth-order valence-corrected chi connectivity index (χ4v) is 2.83. The van der Waals surface area contributed by atoms with Gasteiger partial charge in [0, 0.05) is 0 Å². The van der Waals surface area contributed by atoms with E-state index in [1.807, 2.05) is 0 Å². The predicted molar refractivity (Wildman–Crippen MR) is 85.7 cm³/mol. The summed E-state index contributed by atoms with van der Waals surface area (Å²) in [7, 11) is -2.94. The first kappa shape index (κ1) is 16.3. The van der Waals surface area contributed by atoms with E-state index in [4.69, 9.17) is 22.7 Å². The average Bonchev–Trinajstić information content (AvgIpc) is 2.81. The van der Waals surface area contributed by atoms with Gasteiger partial charge in [-0.15, -0.1) is 0 Å². The van der Waals surface area contributed by atoms with Gasteiger partial charge in [0.2, 0.25) is 0 Å². The Morgan fingerprint density at radius 2 is 2.09 bits per heavy atom. The van der Waals surface area contributed by atoms with Crippen molar-refractivity contribution in [1.29, 1.82) is 0 Å². The van der Waals surface area contributed by atoms with Crippen LogP contribution in [0.3, 0.4) is 0 Å². The minimum absolute atomic E-state index is 0.114. The molecular weight excluding hydrogens is 330 g/mol. The van der Waals surface area contributed by atoms with Crippen LogP contribution in [0.5, 0.6) is 5.75 Å². The Hall–Kier alpha value is -2.11. The van der Waals surface area contributed by atoms with Crippen LogP contribution in [0.4, 0.5) is 5.69 Å². The van der Waals surface area contributed by atoms with E-state index >= 15 is 0 Å². The maximum atomic E-state index is 11.5. The molecule has 0 saturated carbocycles. The topological polar surface area (TPSA) is 120 Å². The summed E-state index contributed by atoms with van der Waals surface area (Å²) >= 11 is 5.00. The second-order valence-corrected chi connectivity index (χ2v) is 6.24. The van der Waals surface area contributed by atoms with E-state index in [2.05, 4.69) is 10.5 Å². The Labute approximate surface area is 133 Å². The summed E-state index contributed by atoms with van der Waals surface area (Å²) in [6.45, 7) is 1.55. The molecule has 4 N–H and O–H groups in total. The van der Waals surface area contributed by atoms with Crippen molar-refractivity contribution in [3.05, 3.63) is 24.3 Å². The molecule has 0 radical (unpaired) electrons. The molecule has 0 bridgehead atoms. The minimum Gasteiger partial charge on any atom is -0.497 e. The number of rotatable bonds is 4. The van der Waals surface area contributed by atoms with Crippen molar-refractivity contribution in [3.8, 4) is 5.75 Å². The zero-order valence-corrected chi connectivity index (χ0v) is 13.4. The van der Waals surface area contributed by atoms with Gasteiger partial charge in [0.05, 0.1) is 12.8 Å². The monoisotopic (exact) mass is 345 g/mol. The van der Waals surface area contributed by atoms with Gasteiger partial charge in [-0.2, -0.15) is 13.5 Å². The van der Waals surface area contributed by atoms with Gasteiger partial charge in [0.25, 0.3) is 5.50 Å². The van der Waals surface area contributed by atoms with Crippen molar-refractivity contribution in [2.24, 2.45) is 10.8 Å². The zero-order chi connectivity index (χ0) is 16.5. The fraction of sp³-hybridized carbons (Fsp3) is 0.273. The summed E-state index contributed by atoms with van der Waals surface area (Å²) in [5.41, 5.74) is 7.00. The molecule has 1 aliphatic heterocycles. The van der Waals surface area contributed by atoms with Crippen LogP contribution in [0.25, 0.3) is 0 Å². The molecule has 1 aliphatic rings. The summed E-state index contributed by atoms with van der Waals surface area (Å²) in [6.07, 6.45) is 0. The van der Waals surface area contributed by atoms with Crippen LogP contribution in [-0.2, 0) is 10.1 Å². The second-order valence-electron chi connectivity index (χ2n) is 4.35. The molecule has 0 aromatic heterocycles. The number of benzene rings is 1. The fourth-order valence-electron chi connectivity index (χ4n) is 1.95. The summed E-state index contributed by atoms with van der Waals surface area (Å²) in [6, 6.07) is 6.62. The number of hydrazine groups is 1. The Kier molecular flexibility index (Phi) is 4.39. The number of hydrazone groups is 1. The lowest BCUT2D eigenvalue weighted by Gasteiger charge is -2.35. The summed E-state index contributed by atoms with van der Waals surface area (Å²) in [5.74, 6) is 0.883. The standard InChI is InChI=1S/C11H15N5O4S2/c1-7-13-14-11(22(17,18)19)15(7)16(10(12)21)8-3-5-9(20-2)6-4-8/h3-6,11,14H,1-2H3,(H2,12,21)(H,17,18,19). The highest BCUT2D eigenvalue weighted by Crippen LogP contribution is 2.24. The van der Waals surface area contributed by atoms with Crippen LogP contribution in [0.1, 0.15) is 6.92 Å². The zero-order valence-electron chi connectivity index (χ0n) is 11.8. The Balaban J connectivity index is 2.46. The van der Waals surface area contributed by atoms with Gasteiger partial charge in [-0.1, -0.05) is 0 Å². The number of nitrogens with two attached hydrogens (primary N) is 1. The molecule has 1 atom stereocenters. The van der Waals surface area contributed by atoms with E-state index in [0.29, 0.717) is 11.4 Å². The minimum atomic E-state index is -4.47.